The van der Waals surface area contributed by atoms with Crippen LogP contribution < -0.4 is 27.0 Å². The molecule has 0 saturated heterocycles. The fourth-order valence-electron chi connectivity index (χ4n) is 8.09. The van der Waals surface area contributed by atoms with Crippen LogP contribution in [0.2, 0.25) is 0 Å². The van der Waals surface area contributed by atoms with Gasteiger partial charge in [0.25, 0.3) is 0 Å². The van der Waals surface area contributed by atoms with E-state index in [9.17, 15) is 0 Å². The zero-order chi connectivity index (χ0) is 40.0. The molecule has 0 radical (unpaired) electrons. The molecule has 292 valence electrons. The molecule has 5 unspecified atom stereocenters. The zero-order valence-corrected chi connectivity index (χ0v) is 33.3. The molecule has 0 amide bonds. The minimum Gasteiger partial charge on any atom is -0.350 e. The minimum atomic E-state index is -0.314. The number of fused-ring (bicyclic) bond motifs is 1. The van der Waals surface area contributed by atoms with Crippen LogP contribution >= 0.6 is 0 Å². The Morgan fingerprint density at radius 1 is 0.576 bits per heavy atom. The fourth-order valence-corrected chi connectivity index (χ4v) is 8.09. The van der Waals surface area contributed by atoms with Gasteiger partial charge in [-0.1, -0.05) is 182 Å². The second kappa shape index (κ2) is 17.6. The van der Waals surface area contributed by atoms with Crippen LogP contribution in [0.1, 0.15) is 72.1 Å². The number of benzene rings is 7. The van der Waals surface area contributed by atoms with Crippen molar-refractivity contribution in [3.8, 4) is 22.3 Å². The Morgan fingerprint density at radius 3 is 1.80 bits per heavy atom. The molecule has 6 heteroatoms. The summed E-state index contributed by atoms with van der Waals surface area (Å²) in [6.07, 6.45) is 8.30. The molecule has 0 aromatic heterocycles. The number of nitrogens with two attached hydrogens (primary N) is 1. The van der Waals surface area contributed by atoms with Crippen LogP contribution in [0.3, 0.4) is 0 Å². The summed E-state index contributed by atoms with van der Waals surface area (Å²) >= 11 is 0. The summed E-state index contributed by atoms with van der Waals surface area (Å²) in [6, 6.07) is 62.3. The Balaban J connectivity index is 0.912. The molecule has 1 heterocycles. The predicted octanol–water partition coefficient (Wildman–Crippen LogP) is 11.0. The second-order valence-corrected chi connectivity index (χ2v) is 15.5. The number of nitrogens with one attached hydrogen (secondary N) is 4. The number of amidine groups is 1. The van der Waals surface area contributed by atoms with Gasteiger partial charge in [-0.3, -0.25) is 16.0 Å². The van der Waals surface area contributed by atoms with Crippen LogP contribution in [0.15, 0.2) is 205 Å². The van der Waals surface area contributed by atoms with Gasteiger partial charge in [-0.2, -0.15) is 0 Å². The number of hydrogen-bond donors (Lipinski definition) is 5. The van der Waals surface area contributed by atoms with E-state index in [2.05, 4.69) is 192 Å². The Hall–Kier alpha value is -6.41. The lowest BCUT2D eigenvalue weighted by molar-refractivity contribution is 0.356. The standard InChI is InChI=1S/C53H50N6/c1-36(55-50(42-16-8-3-9-17-42)56-49(54)41-14-6-2-7-15-41)37-22-24-38(25-23-37)46-32-28-40-29-33-47(35-48(40)34-46)39-26-30-45(31-27-39)53-58-51(43-18-10-4-11-19-43)57-52(59-53)44-20-12-5-13-21-44/h2-4,6-12,14-36,49-50,52-53,55-56,59H,5,13,54H2,1H3,(H,57,58). The lowest BCUT2D eigenvalue weighted by atomic mass is 9.96. The summed E-state index contributed by atoms with van der Waals surface area (Å²) in [7, 11) is 0. The van der Waals surface area contributed by atoms with E-state index in [1.807, 2.05) is 30.3 Å². The average molecular weight is 771 g/mol. The third kappa shape index (κ3) is 8.87. The number of allylic oxidation sites excluding steroid dienone is 2. The minimum absolute atomic E-state index is 0.0196. The van der Waals surface area contributed by atoms with Crippen LogP contribution in [0.5, 0.6) is 0 Å². The number of rotatable bonds is 12. The summed E-state index contributed by atoms with van der Waals surface area (Å²) in [5, 5.41) is 17.2. The van der Waals surface area contributed by atoms with Crippen LogP contribution in [0, 0.1) is 0 Å². The molecule has 7 aromatic carbocycles. The van der Waals surface area contributed by atoms with Gasteiger partial charge >= 0.3 is 0 Å². The lowest BCUT2D eigenvalue weighted by Crippen LogP contribution is -2.52. The SMILES string of the molecule is CC(NC(NC(N)c1ccccc1)c1ccccc1)c1ccc(-c2ccc3ccc(-c4ccc(C5N=C(c6ccccc6)NC(C6=CCCC=C6)N5)cc4)cc3c2)cc1. The Morgan fingerprint density at radius 2 is 1.17 bits per heavy atom. The third-order valence-corrected chi connectivity index (χ3v) is 11.5. The molecular weight excluding hydrogens is 721 g/mol. The quantitative estimate of drug-likeness (QED) is 0.0799. The second-order valence-electron chi connectivity index (χ2n) is 15.5. The van der Waals surface area contributed by atoms with E-state index in [1.54, 1.807) is 0 Å². The van der Waals surface area contributed by atoms with Crippen molar-refractivity contribution in [1.82, 2.24) is 21.3 Å². The van der Waals surface area contributed by atoms with Crippen LogP contribution in [-0.2, 0) is 0 Å². The molecule has 1 aliphatic carbocycles. The van der Waals surface area contributed by atoms with Crippen molar-refractivity contribution in [2.24, 2.45) is 10.7 Å². The van der Waals surface area contributed by atoms with Gasteiger partial charge in [0, 0.05) is 11.6 Å². The van der Waals surface area contributed by atoms with E-state index in [4.69, 9.17) is 10.7 Å². The van der Waals surface area contributed by atoms with Gasteiger partial charge in [0.1, 0.15) is 18.2 Å². The van der Waals surface area contributed by atoms with Crippen molar-refractivity contribution < 1.29 is 0 Å². The fraction of sp³-hybridized carbons (Fsp3) is 0.151. The van der Waals surface area contributed by atoms with Crippen molar-refractivity contribution in [2.75, 3.05) is 0 Å². The zero-order valence-electron chi connectivity index (χ0n) is 33.3. The van der Waals surface area contributed by atoms with E-state index in [1.165, 1.54) is 44.2 Å². The van der Waals surface area contributed by atoms with Crippen molar-refractivity contribution >= 4 is 16.6 Å². The number of aliphatic imine (C=N–C) groups is 1. The van der Waals surface area contributed by atoms with E-state index < -0.39 is 0 Å². The van der Waals surface area contributed by atoms with Crippen molar-refractivity contribution in [2.45, 2.75) is 50.5 Å². The molecule has 6 nitrogen and oxygen atoms in total. The van der Waals surface area contributed by atoms with E-state index in [0.29, 0.717) is 0 Å². The molecule has 0 bridgehead atoms. The predicted molar refractivity (Wildman–Crippen MR) is 244 cm³/mol. The van der Waals surface area contributed by atoms with Gasteiger partial charge in [0.2, 0.25) is 0 Å². The van der Waals surface area contributed by atoms with Crippen LogP contribution in [-0.4, -0.2) is 12.0 Å². The third-order valence-electron chi connectivity index (χ3n) is 11.5. The van der Waals surface area contributed by atoms with Gasteiger partial charge in [-0.15, -0.1) is 0 Å². The maximum Gasteiger partial charge on any atom is 0.131 e. The molecule has 0 fully saturated rings. The topological polar surface area (TPSA) is 86.5 Å². The van der Waals surface area contributed by atoms with E-state index in [-0.39, 0.29) is 30.7 Å². The summed E-state index contributed by atoms with van der Waals surface area (Å²) < 4.78 is 0. The van der Waals surface area contributed by atoms with E-state index >= 15 is 0 Å². The average Bonchev–Trinajstić information content (AvgIpc) is 3.32. The maximum absolute atomic E-state index is 6.63. The first-order chi connectivity index (χ1) is 29.0. The van der Waals surface area contributed by atoms with Gasteiger partial charge in [-0.25, -0.2) is 4.99 Å². The van der Waals surface area contributed by atoms with Gasteiger partial charge in [0.05, 0.1) is 12.3 Å². The Kier molecular flexibility index (Phi) is 11.4. The highest BCUT2D eigenvalue weighted by Gasteiger charge is 2.26. The Labute approximate surface area is 347 Å². The lowest BCUT2D eigenvalue weighted by Gasteiger charge is -2.33. The number of nitrogens with zero attached hydrogens (tertiary/aromatic N) is 1. The monoisotopic (exact) mass is 770 g/mol. The highest BCUT2D eigenvalue weighted by atomic mass is 15.3. The molecule has 6 N–H and O–H groups in total. The van der Waals surface area contributed by atoms with Gasteiger partial charge in [0.15, 0.2) is 0 Å². The van der Waals surface area contributed by atoms with Crippen molar-refractivity contribution in [1.29, 1.82) is 0 Å². The highest BCUT2D eigenvalue weighted by molar-refractivity contribution is 5.99. The first-order valence-electron chi connectivity index (χ1n) is 20.7. The van der Waals surface area contributed by atoms with Crippen LogP contribution in [0.25, 0.3) is 33.0 Å². The van der Waals surface area contributed by atoms with E-state index in [0.717, 1.165) is 40.9 Å². The molecule has 0 spiro atoms. The molecule has 2 aliphatic rings. The largest absolute Gasteiger partial charge is 0.350 e. The molecule has 5 atom stereocenters. The first-order valence-corrected chi connectivity index (χ1v) is 20.7. The molecule has 0 saturated carbocycles. The van der Waals surface area contributed by atoms with Crippen molar-refractivity contribution in [3.63, 3.8) is 0 Å². The Bertz CT molecular complexity index is 2580. The highest BCUT2D eigenvalue weighted by Crippen LogP contribution is 2.32. The van der Waals surface area contributed by atoms with Gasteiger partial charge < -0.3 is 11.1 Å². The van der Waals surface area contributed by atoms with Gasteiger partial charge in [-0.05, 0) is 92.8 Å². The first kappa shape index (κ1) is 38.1. The number of hydrogen-bond acceptors (Lipinski definition) is 6. The molecule has 59 heavy (non-hydrogen) atoms. The van der Waals surface area contributed by atoms with Crippen molar-refractivity contribution in [3.05, 3.63) is 228 Å². The molecule has 7 aromatic rings. The molecular formula is C53H50N6. The maximum atomic E-state index is 6.63. The summed E-state index contributed by atoms with van der Waals surface area (Å²) in [6.45, 7) is 2.20. The van der Waals surface area contributed by atoms with Crippen LogP contribution in [0.4, 0.5) is 0 Å². The summed E-state index contributed by atoms with van der Waals surface area (Å²) in [4.78, 5) is 5.14. The molecule has 1 aliphatic heterocycles. The molecule has 9 rings (SSSR count). The summed E-state index contributed by atoms with van der Waals surface area (Å²) in [5.41, 5.74) is 18.2. The summed E-state index contributed by atoms with van der Waals surface area (Å²) in [5.74, 6) is 0.906. The normalized spacial score (nSPS) is 18.0. The smallest absolute Gasteiger partial charge is 0.131 e.